The van der Waals surface area contributed by atoms with Crippen LogP contribution >= 0.6 is 0 Å². The number of aliphatic hydroxyl groups is 1. The molecule has 316 valence electrons. The molecule has 6 aliphatic rings. The van der Waals surface area contributed by atoms with Gasteiger partial charge in [0.25, 0.3) is 0 Å². The monoisotopic (exact) mass is 783 g/mol. The van der Waals surface area contributed by atoms with E-state index in [1.165, 1.54) is 38.2 Å². The maximum atomic E-state index is 11.3. The first kappa shape index (κ1) is 47.2. The Balaban J connectivity index is 0.000000224. The number of rotatable bonds is 8. The fourth-order valence-corrected chi connectivity index (χ4v) is 12.1. The van der Waals surface area contributed by atoms with Crippen LogP contribution in [0.25, 0.3) is 0 Å². The number of hydrogen-bond acceptors (Lipinski definition) is 9. The molecule has 5 unspecified atom stereocenters. The molecule has 56 heavy (non-hydrogen) atoms. The van der Waals surface area contributed by atoms with E-state index in [0.29, 0.717) is 24.2 Å². The number of carbonyl (C=O) groups is 4. The number of hydrogen-bond donors (Lipinski definition) is 1. The molecule has 0 aromatic rings. The standard InChI is InChI=1S/2C16H24O3.C14H22O3.CH4/c1-11(8-10-17)13-6-7-14-15(19-12(2)18)5-4-9-16(13,14)3;1-5-12-15(18-6-2)10-13-14(19-11(3)17)8-7-9-16(12,13)4;1-4-10-12(16)8-11-13(17-9(2)15)6-5-7-14(10,11)3;/h6,10-11,14-15H,4-5,7-9H2,1-3H3;5-6,13-15H,2,7-10H2,1,3-4H3;4,11-13,16H,5-8H2,1-3H3;1H4/b;12-5+;10-4+;/t11-,14?,15-,16+;13?,14-,15?,16+;11?,12?,13-,14+;/m000./s1. The van der Waals surface area contributed by atoms with Gasteiger partial charge in [0.1, 0.15) is 30.7 Å². The maximum absolute atomic E-state index is 11.3. The fraction of sp³-hybridized carbons (Fsp3) is 0.745. The lowest BCUT2D eigenvalue weighted by Gasteiger charge is -2.44. The molecule has 0 bridgehead atoms. The average molecular weight is 783 g/mol. The van der Waals surface area contributed by atoms with Gasteiger partial charge in [-0.25, -0.2) is 0 Å². The molecule has 0 aromatic heterocycles. The minimum absolute atomic E-state index is 0. The number of aliphatic hydroxyl groups excluding tert-OH is 1. The molecule has 0 aromatic carbocycles. The molecule has 12 atom stereocenters. The minimum Gasteiger partial charge on any atom is -0.494 e. The van der Waals surface area contributed by atoms with Gasteiger partial charge in [0.2, 0.25) is 0 Å². The van der Waals surface area contributed by atoms with Crippen LogP contribution in [0.2, 0.25) is 0 Å². The van der Waals surface area contributed by atoms with Crippen LogP contribution in [0.3, 0.4) is 0 Å². The van der Waals surface area contributed by atoms with Gasteiger partial charge in [-0.15, -0.1) is 0 Å². The van der Waals surface area contributed by atoms with E-state index in [4.69, 9.17) is 18.9 Å². The molecule has 0 aliphatic heterocycles. The summed E-state index contributed by atoms with van der Waals surface area (Å²) in [4.78, 5) is 44.4. The van der Waals surface area contributed by atoms with Crippen molar-refractivity contribution < 1.29 is 43.2 Å². The lowest BCUT2D eigenvalue weighted by Crippen LogP contribution is -2.41. The van der Waals surface area contributed by atoms with Gasteiger partial charge < -0.3 is 28.8 Å². The van der Waals surface area contributed by atoms with Crippen LogP contribution in [0.15, 0.2) is 47.8 Å². The lowest BCUT2D eigenvalue weighted by atomic mass is 9.63. The maximum Gasteiger partial charge on any atom is 0.302 e. The first-order chi connectivity index (χ1) is 26.0. The normalized spacial score (nSPS) is 38.6. The summed E-state index contributed by atoms with van der Waals surface area (Å²) in [6.07, 6.45) is 21.6. The van der Waals surface area contributed by atoms with Crippen molar-refractivity contribution in [3.63, 3.8) is 0 Å². The predicted molar refractivity (Wildman–Crippen MR) is 220 cm³/mol. The highest BCUT2D eigenvalue weighted by Gasteiger charge is 2.55. The van der Waals surface area contributed by atoms with Gasteiger partial charge in [0.05, 0.1) is 12.4 Å². The summed E-state index contributed by atoms with van der Waals surface area (Å²) in [6.45, 7) is 21.1. The number of allylic oxidation sites excluding steroid dienone is 4. The van der Waals surface area contributed by atoms with Crippen LogP contribution < -0.4 is 0 Å². The van der Waals surface area contributed by atoms with Gasteiger partial charge >= 0.3 is 17.9 Å². The molecule has 0 amide bonds. The van der Waals surface area contributed by atoms with E-state index in [1.54, 1.807) is 0 Å². The minimum atomic E-state index is -0.355. The fourth-order valence-electron chi connectivity index (χ4n) is 12.1. The summed E-state index contributed by atoms with van der Waals surface area (Å²) in [6, 6.07) is 0. The molecule has 0 radical (unpaired) electrons. The summed E-state index contributed by atoms with van der Waals surface area (Å²) in [5.74, 6) is 0.788. The van der Waals surface area contributed by atoms with Crippen molar-refractivity contribution in [1.82, 2.24) is 0 Å². The molecule has 9 heteroatoms. The Morgan fingerprint density at radius 3 is 1.68 bits per heavy atom. The average Bonchev–Trinajstić information content (AvgIpc) is 3.70. The van der Waals surface area contributed by atoms with E-state index in [9.17, 15) is 24.3 Å². The number of aldehydes is 1. The second kappa shape index (κ2) is 20.0. The molecular weight excluding hydrogens is 709 g/mol. The van der Waals surface area contributed by atoms with Crippen LogP contribution in [0, 0.1) is 39.9 Å². The van der Waals surface area contributed by atoms with Crippen LogP contribution in [0.5, 0.6) is 0 Å². The Bertz CT molecular complexity index is 1490. The topological polar surface area (TPSA) is 125 Å². The largest absolute Gasteiger partial charge is 0.494 e. The van der Waals surface area contributed by atoms with E-state index in [-0.39, 0.29) is 78.0 Å². The molecule has 5 fully saturated rings. The summed E-state index contributed by atoms with van der Waals surface area (Å²) in [7, 11) is 0. The lowest BCUT2D eigenvalue weighted by molar-refractivity contribution is -0.154. The molecule has 9 nitrogen and oxygen atoms in total. The Labute approximate surface area is 338 Å². The molecule has 0 heterocycles. The van der Waals surface area contributed by atoms with Gasteiger partial charge in [-0.1, -0.05) is 65.5 Å². The van der Waals surface area contributed by atoms with Crippen LogP contribution in [0.4, 0.5) is 0 Å². The number of carbonyl (C=O) groups excluding carboxylic acids is 4. The second-order valence-corrected chi connectivity index (χ2v) is 17.7. The van der Waals surface area contributed by atoms with Crippen molar-refractivity contribution >= 4 is 24.2 Å². The third kappa shape index (κ3) is 9.90. The first-order valence-electron chi connectivity index (χ1n) is 20.9. The third-order valence-corrected chi connectivity index (χ3v) is 14.4. The third-order valence-electron chi connectivity index (χ3n) is 14.4. The Morgan fingerprint density at radius 1 is 0.786 bits per heavy atom. The van der Waals surface area contributed by atoms with E-state index in [0.717, 1.165) is 88.9 Å². The Morgan fingerprint density at radius 2 is 1.23 bits per heavy atom. The zero-order valence-electron chi connectivity index (χ0n) is 35.2. The molecule has 6 aliphatic carbocycles. The molecule has 0 saturated heterocycles. The smallest absolute Gasteiger partial charge is 0.302 e. The molecule has 5 saturated carbocycles. The van der Waals surface area contributed by atoms with Gasteiger partial charge in [-0.05, 0) is 124 Å². The molecule has 1 N–H and O–H groups in total. The summed E-state index contributed by atoms with van der Waals surface area (Å²) in [5, 5.41) is 10.1. The van der Waals surface area contributed by atoms with Crippen LogP contribution in [-0.2, 0) is 38.1 Å². The highest BCUT2D eigenvalue weighted by atomic mass is 16.6. The van der Waals surface area contributed by atoms with Crippen molar-refractivity contribution in [3.8, 4) is 0 Å². The highest BCUT2D eigenvalue weighted by Crippen LogP contribution is 2.58. The molecule has 0 spiro atoms. The van der Waals surface area contributed by atoms with E-state index < -0.39 is 0 Å². The highest BCUT2D eigenvalue weighted by molar-refractivity contribution is 5.67. The van der Waals surface area contributed by atoms with E-state index >= 15 is 0 Å². The Kier molecular flexibility index (Phi) is 16.8. The van der Waals surface area contributed by atoms with Crippen LogP contribution in [-0.4, -0.2) is 59.8 Å². The number of esters is 3. The summed E-state index contributed by atoms with van der Waals surface area (Å²) < 4.78 is 22.2. The number of ether oxygens (including phenoxy) is 4. The summed E-state index contributed by atoms with van der Waals surface area (Å²) >= 11 is 0. The molecule has 6 rings (SSSR count). The second-order valence-electron chi connectivity index (χ2n) is 17.7. The van der Waals surface area contributed by atoms with Crippen LogP contribution in [0.1, 0.15) is 153 Å². The van der Waals surface area contributed by atoms with Crippen molar-refractivity contribution in [3.05, 3.63) is 47.8 Å². The van der Waals surface area contributed by atoms with Crippen molar-refractivity contribution in [1.29, 1.82) is 0 Å². The Hall–Kier alpha value is -3.20. The van der Waals surface area contributed by atoms with Crippen molar-refractivity contribution in [2.24, 2.45) is 39.9 Å². The SMILES string of the molecule is C.C/C=C1\C(O)CC2[C@@H](OC(C)=O)CCC[C@]12C.C=COC1CC2[C@@H](OC(C)=O)CCC[C@]2(C)/C1=C/C.CC(=O)O[C@H]1CCC[C@]2(C)C([C@@H](C)CC=O)=CCC12. The zero-order valence-corrected chi connectivity index (χ0v) is 35.2. The number of fused-ring (bicyclic) bond motifs is 3. The predicted octanol–water partition coefficient (Wildman–Crippen LogP) is 9.95. The van der Waals surface area contributed by atoms with Gasteiger partial charge in [-0.2, -0.15) is 0 Å². The van der Waals surface area contributed by atoms with Gasteiger partial charge in [0, 0.05) is 44.9 Å². The van der Waals surface area contributed by atoms with E-state index in [2.05, 4.69) is 53.3 Å². The molecular formula is C47H74O9. The van der Waals surface area contributed by atoms with Crippen molar-refractivity contribution in [2.45, 2.75) is 184 Å². The zero-order chi connectivity index (χ0) is 40.7. The van der Waals surface area contributed by atoms with Gasteiger partial charge in [-0.3, -0.25) is 14.4 Å². The van der Waals surface area contributed by atoms with Gasteiger partial charge in [0.15, 0.2) is 0 Å². The summed E-state index contributed by atoms with van der Waals surface area (Å²) in [5.41, 5.74) is 4.11. The first-order valence-corrected chi connectivity index (χ1v) is 20.9. The quantitative estimate of drug-likeness (QED) is 0.0842. The van der Waals surface area contributed by atoms with E-state index in [1.807, 2.05) is 13.0 Å². The van der Waals surface area contributed by atoms with Crippen molar-refractivity contribution in [2.75, 3.05) is 0 Å².